The van der Waals surface area contributed by atoms with Crippen molar-refractivity contribution in [1.29, 1.82) is 0 Å². The van der Waals surface area contributed by atoms with Crippen molar-refractivity contribution in [3.05, 3.63) is 48.4 Å². The summed E-state index contributed by atoms with van der Waals surface area (Å²) >= 11 is 0. The van der Waals surface area contributed by atoms with E-state index in [9.17, 15) is 4.39 Å². The third-order valence-electron chi connectivity index (χ3n) is 3.00. The average Bonchev–Trinajstić information content (AvgIpc) is 2.78. The zero-order valence-electron chi connectivity index (χ0n) is 10.3. The van der Waals surface area contributed by atoms with Crippen LogP contribution in [0.5, 0.6) is 5.75 Å². The van der Waals surface area contributed by atoms with Crippen molar-refractivity contribution >= 4 is 11.5 Å². The van der Waals surface area contributed by atoms with Crippen molar-refractivity contribution < 1.29 is 9.13 Å². The first-order chi connectivity index (χ1) is 9.20. The number of rotatable bonds is 2. The van der Waals surface area contributed by atoms with Crippen LogP contribution in [0.25, 0.3) is 16.9 Å². The lowest BCUT2D eigenvalue weighted by molar-refractivity contribution is 0.415. The molecule has 0 fully saturated rings. The first-order valence-electron chi connectivity index (χ1n) is 5.77. The number of methoxy groups -OCH3 is 1. The van der Waals surface area contributed by atoms with Gasteiger partial charge in [0.2, 0.25) is 0 Å². The van der Waals surface area contributed by atoms with Gasteiger partial charge >= 0.3 is 0 Å². The average molecular weight is 257 g/mol. The predicted molar refractivity (Wildman–Crippen MR) is 71.6 cm³/mol. The molecule has 2 aromatic heterocycles. The Balaban J connectivity index is 2.19. The van der Waals surface area contributed by atoms with E-state index in [2.05, 4.69) is 4.98 Å². The first kappa shape index (κ1) is 11.5. The Morgan fingerprint density at radius 2 is 1.95 bits per heavy atom. The van der Waals surface area contributed by atoms with Crippen molar-refractivity contribution in [2.45, 2.75) is 0 Å². The summed E-state index contributed by atoms with van der Waals surface area (Å²) in [4.78, 5) is 4.26. The van der Waals surface area contributed by atoms with Crippen molar-refractivity contribution in [3.8, 4) is 17.0 Å². The fourth-order valence-corrected chi connectivity index (χ4v) is 2.01. The molecular weight excluding hydrogens is 245 g/mol. The molecule has 0 aliphatic heterocycles. The number of pyridine rings is 1. The van der Waals surface area contributed by atoms with E-state index in [1.54, 1.807) is 19.4 Å². The second-order valence-corrected chi connectivity index (χ2v) is 4.12. The molecule has 5 heteroatoms. The SMILES string of the molecule is COc1ccc(-c2nc3c(F)cccn3c2N)cc1. The Labute approximate surface area is 109 Å². The van der Waals surface area contributed by atoms with E-state index in [0.29, 0.717) is 11.5 Å². The van der Waals surface area contributed by atoms with Gasteiger partial charge in [0.05, 0.1) is 7.11 Å². The fourth-order valence-electron chi connectivity index (χ4n) is 2.01. The van der Waals surface area contributed by atoms with Crippen LogP contribution in [0.3, 0.4) is 0 Å². The van der Waals surface area contributed by atoms with Crippen molar-refractivity contribution in [3.63, 3.8) is 0 Å². The van der Waals surface area contributed by atoms with Gasteiger partial charge in [-0.3, -0.25) is 4.40 Å². The minimum Gasteiger partial charge on any atom is -0.497 e. The number of hydrogen-bond acceptors (Lipinski definition) is 3. The Kier molecular flexibility index (Phi) is 2.59. The molecule has 1 aromatic carbocycles. The molecule has 0 bridgehead atoms. The number of nitrogens with two attached hydrogens (primary N) is 1. The molecule has 2 N–H and O–H groups in total. The highest BCUT2D eigenvalue weighted by Crippen LogP contribution is 2.28. The van der Waals surface area contributed by atoms with Crippen molar-refractivity contribution in [2.24, 2.45) is 0 Å². The summed E-state index contributed by atoms with van der Waals surface area (Å²) in [5.41, 5.74) is 7.62. The van der Waals surface area contributed by atoms with Crippen molar-refractivity contribution in [1.82, 2.24) is 9.38 Å². The summed E-state index contributed by atoms with van der Waals surface area (Å²) < 4.78 is 20.3. The lowest BCUT2D eigenvalue weighted by Gasteiger charge is -2.02. The third-order valence-corrected chi connectivity index (χ3v) is 3.00. The molecule has 0 amide bonds. The Bertz CT molecular complexity index is 734. The van der Waals surface area contributed by atoms with Gasteiger partial charge in [-0.15, -0.1) is 0 Å². The number of fused-ring (bicyclic) bond motifs is 1. The maximum atomic E-state index is 13.7. The van der Waals surface area contributed by atoms with Crippen LogP contribution < -0.4 is 10.5 Å². The van der Waals surface area contributed by atoms with Crippen molar-refractivity contribution in [2.75, 3.05) is 12.8 Å². The molecule has 0 aliphatic rings. The molecule has 0 radical (unpaired) electrons. The minimum absolute atomic E-state index is 0.228. The number of anilines is 1. The third kappa shape index (κ3) is 1.79. The van der Waals surface area contributed by atoms with Crippen LogP contribution in [0.1, 0.15) is 0 Å². The summed E-state index contributed by atoms with van der Waals surface area (Å²) in [5, 5.41) is 0. The van der Waals surface area contributed by atoms with E-state index in [-0.39, 0.29) is 5.65 Å². The lowest BCUT2D eigenvalue weighted by Crippen LogP contribution is -1.94. The number of halogens is 1. The molecule has 19 heavy (non-hydrogen) atoms. The van der Waals surface area contributed by atoms with Crippen LogP contribution in [0.15, 0.2) is 42.6 Å². The summed E-state index contributed by atoms with van der Waals surface area (Å²) in [6.45, 7) is 0. The van der Waals surface area contributed by atoms with Crippen LogP contribution >= 0.6 is 0 Å². The molecule has 96 valence electrons. The van der Waals surface area contributed by atoms with E-state index >= 15 is 0 Å². The van der Waals surface area contributed by atoms with Gasteiger partial charge in [0, 0.05) is 11.8 Å². The summed E-state index contributed by atoms with van der Waals surface area (Å²) in [7, 11) is 1.60. The summed E-state index contributed by atoms with van der Waals surface area (Å²) in [6, 6.07) is 10.3. The van der Waals surface area contributed by atoms with E-state index in [1.807, 2.05) is 24.3 Å². The molecule has 0 saturated carbocycles. The van der Waals surface area contributed by atoms with E-state index in [4.69, 9.17) is 10.5 Å². The maximum Gasteiger partial charge on any atom is 0.175 e. The Hall–Kier alpha value is -2.56. The lowest BCUT2D eigenvalue weighted by atomic mass is 10.1. The van der Waals surface area contributed by atoms with Gasteiger partial charge in [-0.1, -0.05) is 0 Å². The summed E-state index contributed by atoms with van der Waals surface area (Å²) in [5.74, 6) is 0.769. The monoisotopic (exact) mass is 257 g/mol. The number of hydrogen-bond donors (Lipinski definition) is 1. The van der Waals surface area contributed by atoms with Gasteiger partial charge in [0.1, 0.15) is 17.3 Å². The number of ether oxygens (including phenoxy) is 1. The largest absolute Gasteiger partial charge is 0.497 e. The fraction of sp³-hybridized carbons (Fsp3) is 0.0714. The van der Waals surface area contributed by atoms with Crippen LogP contribution in [-0.4, -0.2) is 16.5 Å². The van der Waals surface area contributed by atoms with Crippen LogP contribution in [-0.2, 0) is 0 Å². The number of imidazole rings is 1. The summed E-state index contributed by atoms with van der Waals surface area (Å²) in [6.07, 6.45) is 1.69. The standard InChI is InChI=1S/C14H12FN3O/c1-19-10-6-4-9(5-7-10)12-13(16)18-8-2-3-11(15)14(18)17-12/h2-8H,16H2,1H3. The van der Waals surface area contributed by atoms with E-state index < -0.39 is 5.82 Å². The number of aromatic nitrogens is 2. The minimum atomic E-state index is -0.394. The second kappa shape index (κ2) is 4.28. The molecule has 2 heterocycles. The van der Waals surface area contributed by atoms with Gasteiger partial charge in [0.15, 0.2) is 11.5 Å². The molecule has 0 unspecified atom stereocenters. The predicted octanol–water partition coefficient (Wildman–Crippen LogP) is 2.73. The maximum absolute atomic E-state index is 13.7. The molecule has 3 aromatic rings. The normalized spacial score (nSPS) is 10.8. The zero-order chi connectivity index (χ0) is 13.4. The van der Waals surface area contributed by atoms with Crippen LogP contribution in [0, 0.1) is 5.82 Å². The number of nitrogens with zero attached hydrogens (tertiary/aromatic N) is 2. The molecule has 0 spiro atoms. The second-order valence-electron chi connectivity index (χ2n) is 4.12. The highest BCUT2D eigenvalue weighted by atomic mass is 19.1. The molecule has 0 saturated heterocycles. The zero-order valence-corrected chi connectivity index (χ0v) is 10.3. The van der Waals surface area contributed by atoms with Gasteiger partial charge < -0.3 is 10.5 Å². The van der Waals surface area contributed by atoms with Crippen LogP contribution in [0.2, 0.25) is 0 Å². The van der Waals surface area contributed by atoms with Gasteiger partial charge in [-0.05, 0) is 36.4 Å². The van der Waals surface area contributed by atoms with Crippen LogP contribution in [0.4, 0.5) is 10.2 Å². The van der Waals surface area contributed by atoms with E-state index in [0.717, 1.165) is 11.3 Å². The highest BCUT2D eigenvalue weighted by molar-refractivity contribution is 5.75. The molecule has 4 nitrogen and oxygen atoms in total. The van der Waals surface area contributed by atoms with Gasteiger partial charge in [-0.25, -0.2) is 9.37 Å². The Morgan fingerprint density at radius 3 is 2.58 bits per heavy atom. The molecule has 3 rings (SSSR count). The van der Waals surface area contributed by atoms with E-state index in [1.165, 1.54) is 10.5 Å². The Morgan fingerprint density at radius 1 is 1.21 bits per heavy atom. The molecule has 0 atom stereocenters. The smallest absolute Gasteiger partial charge is 0.175 e. The molecule has 0 aliphatic carbocycles. The number of nitrogen functional groups attached to an aromatic ring is 1. The molecular formula is C14H12FN3O. The highest BCUT2D eigenvalue weighted by Gasteiger charge is 2.13. The topological polar surface area (TPSA) is 52.5 Å². The quantitative estimate of drug-likeness (QED) is 0.768. The number of benzene rings is 1. The van der Waals surface area contributed by atoms with Gasteiger partial charge in [0.25, 0.3) is 0 Å². The first-order valence-corrected chi connectivity index (χ1v) is 5.77. The van der Waals surface area contributed by atoms with Gasteiger partial charge in [-0.2, -0.15) is 0 Å².